The summed E-state index contributed by atoms with van der Waals surface area (Å²) in [6.45, 7) is 3.16. The summed E-state index contributed by atoms with van der Waals surface area (Å²) in [5, 5.41) is 4.45. The van der Waals surface area contributed by atoms with Gasteiger partial charge in [-0.1, -0.05) is 35.3 Å². The van der Waals surface area contributed by atoms with Crippen molar-refractivity contribution in [3.63, 3.8) is 0 Å². The summed E-state index contributed by atoms with van der Waals surface area (Å²) in [5.41, 5.74) is 2.87. The molecule has 0 unspecified atom stereocenters. The summed E-state index contributed by atoms with van der Waals surface area (Å²) in [6.07, 6.45) is 0. The second kappa shape index (κ2) is 7.79. The molecule has 0 aromatic heterocycles. The van der Waals surface area contributed by atoms with Crippen LogP contribution < -0.4 is 10.1 Å². The summed E-state index contributed by atoms with van der Waals surface area (Å²) < 4.78 is 5.53. The molecule has 0 heterocycles. The molecule has 112 valence electrons. The number of ether oxygens (including phenoxy) is 1. The monoisotopic (exact) mass is 343 g/mol. The van der Waals surface area contributed by atoms with Crippen LogP contribution in [0.1, 0.15) is 18.1 Å². The zero-order valence-electron chi connectivity index (χ0n) is 11.6. The van der Waals surface area contributed by atoms with E-state index in [1.807, 2.05) is 37.3 Å². The zero-order chi connectivity index (χ0) is 15.2. The number of alkyl halides is 1. The highest BCUT2D eigenvalue weighted by Crippen LogP contribution is 2.28. The van der Waals surface area contributed by atoms with Gasteiger partial charge in [-0.15, -0.1) is 11.6 Å². The molecule has 0 saturated heterocycles. The fraction of sp³-hybridized carbons (Fsp3) is 0.250. The molecule has 2 aromatic carbocycles. The van der Waals surface area contributed by atoms with Crippen LogP contribution in [-0.4, -0.2) is 6.61 Å². The van der Waals surface area contributed by atoms with E-state index < -0.39 is 0 Å². The highest BCUT2D eigenvalue weighted by Gasteiger charge is 2.06. The van der Waals surface area contributed by atoms with Crippen molar-refractivity contribution in [2.45, 2.75) is 19.3 Å². The van der Waals surface area contributed by atoms with Crippen LogP contribution in [0, 0.1) is 0 Å². The van der Waals surface area contributed by atoms with Crippen LogP contribution in [-0.2, 0) is 12.4 Å². The molecule has 0 bridgehead atoms. The normalized spacial score (nSPS) is 10.5. The van der Waals surface area contributed by atoms with Crippen LogP contribution in [0.25, 0.3) is 0 Å². The number of nitrogens with one attached hydrogen (secondary N) is 1. The Labute approximate surface area is 140 Å². The Hall–Kier alpha value is -1.09. The number of anilines is 1. The van der Waals surface area contributed by atoms with E-state index in [2.05, 4.69) is 5.32 Å². The van der Waals surface area contributed by atoms with Gasteiger partial charge in [0.1, 0.15) is 5.75 Å². The first-order valence-corrected chi connectivity index (χ1v) is 7.93. The van der Waals surface area contributed by atoms with Crippen molar-refractivity contribution in [1.29, 1.82) is 0 Å². The first-order chi connectivity index (χ1) is 10.2. The summed E-state index contributed by atoms with van der Waals surface area (Å²) >= 11 is 18.1. The van der Waals surface area contributed by atoms with Crippen molar-refractivity contribution in [2.75, 3.05) is 11.9 Å². The van der Waals surface area contributed by atoms with Gasteiger partial charge in [0.15, 0.2) is 0 Å². The predicted octanol–water partition coefficient (Wildman–Crippen LogP) is 5.74. The van der Waals surface area contributed by atoms with Gasteiger partial charge in [-0.25, -0.2) is 0 Å². The maximum Gasteiger partial charge on any atom is 0.123 e. The predicted molar refractivity (Wildman–Crippen MR) is 91.0 cm³/mol. The molecule has 0 atom stereocenters. The summed E-state index contributed by atoms with van der Waals surface area (Å²) in [5.74, 6) is 1.22. The molecule has 0 amide bonds. The molecule has 0 aliphatic rings. The van der Waals surface area contributed by atoms with Crippen molar-refractivity contribution < 1.29 is 4.74 Å². The molecule has 2 rings (SSSR count). The molecule has 21 heavy (non-hydrogen) atoms. The third kappa shape index (κ3) is 4.19. The fourth-order valence-corrected chi connectivity index (χ4v) is 2.57. The standard InChI is InChI=1S/C16H16Cl3NO/c1-2-21-15-7-6-13(8-12(15)9-17)20-10-11-4-3-5-14(18)16(11)19/h3-8,20H,2,9-10H2,1H3. The molecule has 2 nitrogen and oxygen atoms in total. The lowest BCUT2D eigenvalue weighted by molar-refractivity contribution is 0.337. The van der Waals surface area contributed by atoms with E-state index in [0.29, 0.717) is 29.1 Å². The van der Waals surface area contributed by atoms with E-state index in [9.17, 15) is 0 Å². The van der Waals surface area contributed by atoms with E-state index in [1.165, 1.54) is 0 Å². The van der Waals surface area contributed by atoms with Crippen molar-refractivity contribution in [3.05, 3.63) is 57.6 Å². The number of rotatable bonds is 6. The van der Waals surface area contributed by atoms with Crippen molar-refractivity contribution in [2.24, 2.45) is 0 Å². The van der Waals surface area contributed by atoms with Crippen LogP contribution in [0.5, 0.6) is 5.75 Å². The van der Waals surface area contributed by atoms with Crippen LogP contribution in [0.15, 0.2) is 36.4 Å². The Morgan fingerprint density at radius 1 is 1.10 bits per heavy atom. The zero-order valence-corrected chi connectivity index (χ0v) is 13.9. The average molecular weight is 345 g/mol. The Bertz CT molecular complexity index is 616. The summed E-state index contributed by atoms with van der Waals surface area (Å²) in [7, 11) is 0. The number of halogens is 3. The van der Waals surface area contributed by atoms with Gasteiger partial charge >= 0.3 is 0 Å². The van der Waals surface area contributed by atoms with E-state index in [1.54, 1.807) is 6.07 Å². The highest BCUT2D eigenvalue weighted by atomic mass is 35.5. The van der Waals surface area contributed by atoms with Crippen molar-refractivity contribution in [3.8, 4) is 5.75 Å². The van der Waals surface area contributed by atoms with Gasteiger partial charge in [0.25, 0.3) is 0 Å². The first-order valence-electron chi connectivity index (χ1n) is 6.64. The van der Waals surface area contributed by atoms with Gasteiger partial charge < -0.3 is 10.1 Å². The largest absolute Gasteiger partial charge is 0.494 e. The Balaban J connectivity index is 2.11. The smallest absolute Gasteiger partial charge is 0.123 e. The molecular weight excluding hydrogens is 329 g/mol. The second-order valence-corrected chi connectivity index (χ2v) is 5.51. The minimum absolute atomic E-state index is 0.406. The lowest BCUT2D eigenvalue weighted by Crippen LogP contribution is -2.02. The minimum atomic E-state index is 0.406. The molecule has 0 saturated carbocycles. The summed E-state index contributed by atoms with van der Waals surface area (Å²) in [4.78, 5) is 0. The van der Waals surface area contributed by atoms with Crippen LogP contribution in [0.2, 0.25) is 10.0 Å². The quantitative estimate of drug-likeness (QED) is 0.674. The van der Waals surface area contributed by atoms with Gasteiger partial charge in [-0.3, -0.25) is 0 Å². The lowest BCUT2D eigenvalue weighted by atomic mass is 10.1. The lowest BCUT2D eigenvalue weighted by Gasteiger charge is -2.13. The fourth-order valence-electron chi connectivity index (χ4n) is 1.97. The SMILES string of the molecule is CCOc1ccc(NCc2cccc(Cl)c2Cl)cc1CCl. The number of benzene rings is 2. The molecule has 5 heteroatoms. The first kappa shape index (κ1) is 16.3. The second-order valence-electron chi connectivity index (χ2n) is 4.46. The van der Waals surface area contributed by atoms with Gasteiger partial charge in [-0.2, -0.15) is 0 Å². The molecule has 0 aliphatic carbocycles. The van der Waals surface area contributed by atoms with Crippen molar-refractivity contribution in [1.82, 2.24) is 0 Å². The van der Waals surface area contributed by atoms with Crippen LogP contribution in [0.3, 0.4) is 0 Å². The maximum absolute atomic E-state index is 6.17. The van der Waals surface area contributed by atoms with Gasteiger partial charge in [0, 0.05) is 17.8 Å². The molecule has 0 fully saturated rings. The topological polar surface area (TPSA) is 21.3 Å². The Morgan fingerprint density at radius 2 is 1.90 bits per heavy atom. The minimum Gasteiger partial charge on any atom is -0.494 e. The van der Waals surface area contributed by atoms with E-state index in [4.69, 9.17) is 39.5 Å². The average Bonchev–Trinajstić information content (AvgIpc) is 2.50. The highest BCUT2D eigenvalue weighted by molar-refractivity contribution is 6.42. The van der Waals surface area contributed by atoms with Gasteiger partial charge in [0.05, 0.1) is 22.5 Å². The van der Waals surface area contributed by atoms with E-state index >= 15 is 0 Å². The van der Waals surface area contributed by atoms with E-state index in [0.717, 1.165) is 22.6 Å². The third-order valence-electron chi connectivity index (χ3n) is 3.02. The van der Waals surface area contributed by atoms with Gasteiger partial charge in [-0.05, 0) is 36.8 Å². The van der Waals surface area contributed by atoms with Crippen molar-refractivity contribution >= 4 is 40.5 Å². The van der Waals surface area contributed by atoms with Gasteiger partial charge in [0.2, 0.25) is 0 Å². The Kier molecular flexibility index (Phi) is 6.04. The summed E-state index contributed by atoms with van der Waals surface area (Å²) in [6, 6.07) is 11.5. The van der Waals surface area contributed by atoms with Crippen LogP contribution in [0.4, 0.5) is 5.69 Å². The molecule has 0 radical (unpaired) electrons. The molecule has 0 aliphatic heterocycles. The maximum atomic E-state index is 6.17. The number of hydrogen-bond donors (Lipinski definition) is 1. The molecular formula is C16H16Cl3NO. The molecule has 2 aromatic rings. The Morgan fingerprint density at radius 3 is 2.62 bits per heavy atom. The van der Waals surface area contributed by atoms with E-state index in [-0.39, 0.29) is 0 Å². The van der Waals surface area contributed by atoms with Crippen LogP contribution >= 0.6 is 34.8 Å². The third-order valence-corrected chi connectivity index (χ3v) is 4.16. The molecule has 0 spiro atoms. The molecule has 1 N–H and O–H groups in total. The number of hydrogen-bond acceptors (Lipinski definition) is 2.